The van der Waals surface area contributed by atoms with Crippen molar-refractivity contribution in [2.45, 2.75) is 13.5 Å². The highest BCUT2D eigenvalue weighted by atomic mass is 35.5. The van der Waals surface area contributed by atoms with E-state index in [1.165, 1.54) is 6.08 Å². The summed E-state index contributed by atoms with van der Waals surface area (Å²) in [5, 5.41) is 10.7. The molecule has 0 amide bonds. The number of nitriles is 1. The van der Waals surface area contributed by atoms with Gasteiger partial charge in [-0.05, 0) is 36.8 Å². The van der Waals surface area contributed by atoms with Gasteiger partial charge in [0.05, 0.1) is 19.2 Å². The topological polar surface area (TPSA) is 64.2 Å². The lowest BCUT2D eigenvalue weighted by Crippen LogP contribution is -2.06. The van der Waals surface area contributed by atoms with E-state index >= 15 is 0 Å². The Labute approximate surface area is 168 Å². The maximum Gasteiger partial charge on any atom is 0.348 e. The number of esters is 1. The molecule has 0 N–H and O–H groups in total. The van der Waals surface area contributed by atoms with Gasteiger partial charge in [-0.2, -0.15) is 5.26 Å². The summed E-state index contributed by atoms with van der Waals surface area (Å²) in [6.45, 7) is 2.41. The van der Waals surface area contributed by atoms with E-state index in [4.69, 9.17) is 21.1 Å². The molecule has 0 spiro atoms. The molecule has 0 saturated carbocycles. The normalized spacial score (nSPS) is 11.3. The summed E-state index contributed by atoms with van der Waals surface area (Å²) in [5.41, 5.74) is 2.45. The van der Waals surface area contributed by atoms with Crippen LogP contribution in [0.25, 0.3) is 17.0 Å². The monoisotopic (exact) mass is 394 g/mol. The third kappa shape index (κ3) is 3.88. The third-order valence-corrected chi connectivity index (χ3v) is 4.73. The number of carbonyl (C=O) groups is 1. The summed E-state index contributed by atoms with van der Waals surface area (Å²) in [7, 11) is 1.62. The molecule has 0 aliphatic carbocycles. The first-order chi connectivity index (χ1) is 13.6. The van der Waals surface area contributed by atoms with Gasteiger partial charge in [0, 0.05) is 17.5 Å². The fourth-order valence-electron chi connectivity index (χ4n) is 3.03. The van der Waals surface area contributed by atoms with Crippen LogP contribution in [0.2, 0.25) is 5.15 Å². The predicted molar refractivity (Wildman–Crippen MR) is 109 cm³/mol. The lowest BCUT2D eigenvalue weighted by Gasteiger charge is -2.09. The van der Waals surface area contributed by atoms with Crippen LogP contribution in [-0.4, -0.2) is 24.3 Å². The number of methoxy groups -OCH3 is 1. The van der Waals surface area contributed by atoms with Gasteiger partial charge < -0.3 is 14.0 Å². The number of hydrogen-bond donors (Lipinski definition) is 0. The smallest absolute Gasteiger partial charge is 0.348 e. The van der Waals surface area contributed by atoms with Crippen LogP contribution in [-0.2, 0) is 16.1 Å². The first-order valence-electron chi connectivity index (χ1n) is 8.77. The molecule has 3 aromatic rings. The molecule has 0 bridgehead atoms. The van der Waals surface area contributed by atoms with E-state index in [1.807, 2.05) is 59.2 Å². The summed E-state index contributed by atoms with van der Waals surface area (Å²) in [5.74, 6) is 0.102. The second-order valence-corrected chi connectivity index (χ2v) is 6.41. The van der Waals surface area contributed by atoms with Gasteiger partial charge in [0.2, 0.25) is 0 Å². The van der Waals surface area contributed by atoms with E-state index in [-0.39, 0.29) is 12.2 Å². The molecule has 0 fully saturated rings. The lowest BCUT2D eigenvalue weighted by atomic mass is 10.1. The molecule has 0 radical (unpaired) electrons. The number of benzene rings is 2. The van der Waals surface area contributed by atoms with Crippen molar-refractivity contribution in [2.24, 2.45) is 0 Å². The maximum atomic E-state index is 12.0. The summed E-state index contributed by atoms with van der Waals surface area (Å²) >= 11 is 6.68. The van der Waals surface area contributed by atoms with Gasteiger partial charge in [-0.1, -0.05) is 41.9 Å². The Morgan fingerprint density at radius 1 is 1.25 bits per heavy atom. The number of hydrogen-bond acceptors (Lipinski definition) is 4. The van der Waals surface area contributed by atoms with Crippen molar-refractivity contribution in [2.75, 3.05) is 13.7 Å². The first kappa shape index (κ1) is 19.5. The Morgan fingerprint density at radius 2 is 2.04 bits per heavy atom. The molecule has 28 heavy (non-hydrogen) atoms. The number of nitrogens with zero attached hydrogens (tertiary/aromatic N) is 2. The molecule has 1 heterocycles. The lowest BCUT2D eigenvalue weighted by molar-refractivity contribution is -0.137. The highest BCUT2D eigenvalue weighted by Gasteiger charge is 2.18. The standard InChI is InChI=1S/C22H19ClN2O3/c1-3-28-22(26)16(13-24)12-19-18-9-4-5-10-20(18)25(21(19)23)14-15-7-6-8-17(11-15)27-2/h4-12H,3,14H2,1-2H3/b16-12-. The molecule has 6 heteroatoms. The second kappa shape index (κ2) is 8.64. The van der Waals surface area contributed by atoms with Crippen molar-refractivity contribution < 1.29 is 14.3 Å². The second-order valence-electron chi connectivity index (χ2n) is 6.05. The van der Waals surface area contributed by atoms with Crippen LogP contribution < -0.4 is 4.74 Å². The van der Waals surface area contributed by atoms with E-state index in [2.05, 4.69) is 0 Å². The zero-order valence-electron chi connectivity index (χ0n) is 15.6. The van der Waals surface area contributed by atoms with Crippen molar-refractivity contribution in [3.8, 4) is 11.8 Å². The average Bonchev–Trinajstić information content (AvgIpc) is 2.97. The van der Waals surface area contributed by atoms with Gasteiger partial charge in [-0.25, -0.2) is 4.79 Å². The molecule has 0 saturated heterocycles. The molecule has 0 aliphatic rings. The van der Waals surface area contributed by atoms with Gasteiger partial charge in [0.25, 0.3) is 0 Å². The molecular formula is C22H19ClN2O3. The van der Waals surface area contributed by atoms with Crippen molar-refractivity contribution in [3.63, 3.8) is 0 Å². The minimum atomic E-state index is -0.661. The van der Waals surface area contributed by atoms with Gasteiger partial charge in [0.15, 0.2) is 0 Å². The summed E-state index contributed by atoms with van der Waals surface area (Å²) in [4.78, 5) is 12.0. The van der Waals surface area contributed by atoms with Crippen LogP contribution >= 0.6 is 11.6 Å². The highest BCUT2D eigenvalue weighted by molar-refractivity contribution is 6.33. The Kier molecular flexibility index (Phi) is 6.03. The number of para-hydroxylation sites is 1. The van der Waals surface area contributed by atoms with E-state index in [0.717, 1.165) is 22.2 Å². The van der Waals surface area contributed by atoms with Gasteiger partial charge >= 0.3 is 5.97 Å². The molecule has 2 aromatic carbocycles. The van der Waals surface area contributed by atoms with Crippen LogP contribution in [0.1, 0.15) is 18.1 Å². The van der Waals surface area contributed by atoms with Crippen LogP contribution in [0.5, 0.6) is 5.75 Å². The van der Waals surface area contributed by atoms with Gasteiger partial charge in [0.1, 0.15) is 22.5 Å². The molecular weight excluding hydrogens is 376 g/mol. The molecule has 1 aromatic heterocycles. The molecule has 0 unspecified atom stereocenters. The molecule has 142 valence electrons. The van der Waals surface area contributed by atoms with Crippen molar-refractivity contribution >= 4 is 34.5 Å². The molecule has 5 nitrogen and oxygen atoms in total. The minimum Gasteiger partial charge on any atom is -0.497 e. The fraction of sp³-hybridized carbons (Fsp3) is 0.182. The molecule has 0 atom stereocenters. The fourth-order valence-corrected chi connectivity index (χ4v) is 3.34. The SMILES string of the molecule is CCOC(=O)/C(C#N)=C\c1c(Cl)n(Cc2cccc(OC)c2)c2ccccc12. The van der Waals surface area contributed by atoms with E-state index in [9.17, 15) is 10.1 Å². The number of carbonyl (C=O) groups excluding carboxylic acids is 1. The van der Waals surface area contributed by atoms with Crippen molar-refractivity contribution in [3.05, 3.63) is 70.4 Å². The Bertz CT molecular complexity index is 1090. The van der Waals surface area contributed by atoms with Crippen LogP contribution in [0.15, 0.2) is 54.1 Å². The number of aromatic nitrogens is 1. The Balaban J connectivity index is 2.12. The quantitative estimate of drug-likeness (QED) is 0.341. The van der Waals surface area contributed by atoms with E-state index in [0.29, 0.717) is 17.3 Å². The number of fused-ring (bicyclic) bond motifs is 1. The first-order valence-corrected chi connectivity index (χ1v) is 9.15. The number of ether oxygens (including phenoxy) is 2. The zero-order chi connectivity index (χ0) is 20.1. The maximum absolute atomic E-state index is 12.0. The summed E-state index contributed by atoms with van der Waals surface area (Å²) in [6.07, 6.45) is 1.49. The van der Waals surface area contributed by atoms with Gasteiger partial charge in [-0.3, -0.25) is 0 Å². The van der Waals surface area contributed by atoms with E-state index in [1.54, 1.807) is 14.0 Å². The van der Waals surface area contributed by atoms with Gasteiger partial charge in [-0.15, -0.1) is 0 Å². The largest absolute Gasteiger partial charge is 0.497 e. The van der Waals surface area contributed by atoms with Crippen LogP contribution in [0, 0.1) is 11.3 Å². The molecule has 3 rings (SSSR count). The summed E-state index contributed by atoms with van der Waals surface area (Å²) in [6, 6.07) is 17.3. The van der Waals surface area contributed by atoms with Crippen LogP contribution in [0.3, 0.4) is 0 Å². The number of halogens is 1. The number of rotatable bonds is 6. The Hall–Kier alpha value is -3.23. The highest BCUT2D eigenvalue weighted by Crippen LogP contribution is 2.33. The van der Waals surface area contributed by atoms with Crippen molar-refractivity contribution in [1.82, 2.24) is 4.57 Å². The zero-order valence-corrected chi connectivity index (χ0v) is 16.4. The van der Waals surface area contributed by atoms with E-state index < -0.39 is 5.97 Å². The van der Waals surface area contributed by atoms with Crippen molar-refractivity contribution in [1.29, 1.82) is 5.26 Å². The predicted octanol–water partition coefficient (Wildman–Crippen LogP) is 4.82. The minimum absolute atomic E-state index is 0.0898. The Morgan fingerprint density at radius 3 is 2.75 bits per heavy atom. The van der Waals surface area contributed by atoms with Crippen LogP contribution in [0.4, 0.5) is 0 Å². The third-order valence-electron chi connectivity index (χ3n) is 4.32. The molecule has 0 aliphatic heterocycles. The average molecular weight is 395 g/mol. The summed E-state index contributed by atoms with van der Waals surface area (Å²) < 4.78 is 12.2.